The van der Waals surface area contributed by atoms with Gasteiger partial charge in [-0.1, -0.05) is 6.07 Å². The van der Waals surface area contributed by atoms with Crippen molar-refractivity contribution in [1.29, 1.82) is 0 Å². The first-order valence-corrected chi connectivity index (χ1v) is 12.2. The molecule has 10 heteroatoms. The average Bonchev–Trinajstić information content (AvgIpc) is 3.25. The minimum atomic E-state index is -0.632. The summed E-state index contributed by atoms with van der Waals surface area (Å²) in [4.78, 5) is 10.5. The maximum Gasteiger partial charge on any atom is 0.227 e. The highest BCUT2D eigenvalue weighted by Crippen LogP contribution is 2.39. The number of fused-ring (bicyclic) bond motifs is 2. The number of anilines is 4. The maximum atomic E-state index is 14.9. The minimum Gasteiger partial charge on any atom is -0.486 e. The second kappa shape index (κ2) is 9.63. The van der Waals surface area contributed by atoms with E-state index < -0.39 is 11.6 Å². The lowest BCUT2D eigenvalue weighted by atomic mass is 10.1. The van der Waals surface area contributed by atoms with Gasteiger partial charge in [0.15, 0.2) is 17.4 Å². The molecule has 7 nitrogen and oxygen atoms in total. The minimum absolute atomic E-state index is 0.0175. The van der Waals surface area contributed by atoms with Gasteiger partial charge in [0, 0.05) is 35.1 Å². The number of thiophene rings is 1. The highest BCUT2D eigenvalue weighted by molar-refractivity contribution is 7.22. The third-order valence-electron chi connectivity index (χ3n) is 5.77. The van der Waals surface area contributed by atoms with Crippen LogP contribution in [0.1, 0.15) is 13.8 Å². The van der Waals surface area contributed by atoms with Crippen molar-refractivity contribution in [2.24, 2.45) is 5.73 Å². The molecule has 0 bridgehead atoms. The van der Waals surface area contributed by atoms with Crippen LogP contribution in [0.3, 0.4) is 0 Å². The van der Waals surface area contributed by atoms with Gasteiger partial charge in [-0.3, -0.25) is 0 Å². The molecule has 0 fully saturated rings. The van der Waals surface area contributed by atoms with Gasteiger partial charge in [-0.15, -0.1) is 11.3 Å². The molecule has 4 aromatic rings. The molecule has 2 aromatic heterocycles. The lowest BCUT2D eigenvalue weighted by Gasteiger charge is -2.34. The monoisotopic (exact) mass is 496 g/mol. The van der Waals surface area contributed by atoms with E-state index in [0.717, 1.165) is 27.0 Å². The third kappa shape index (κ3) is 4.71. The summed E-state index contributed by atoms with van der Waals surface area (Å²) in [5.41, 5.74) is 7.27. The quantitative estimate of drug-likeness (QED) is 0.318. The number of hydrogen-bond acceptors (Lipinski definition) is 8. The Hall–Kier alpha value is -3.50. The number of nitrogens with two attached hydrogens (primary N) is 1. The molecule has 5 rings (SSSR count). The lowest BCUT2D eigenvalue weighted by Crippen LogP contribution is -2.38. The number of benzene rings is 2. The number of halogens is 2. The van der Waals surface area contributed by atoms with Gasteiger partial charge >= 0.3 is 0 Å². The van der Waals surface area contributed by atoms with Crippen LogP contribution in [0.4, 0.5) is 31.1 Å². The van der Waals surface area contributed by atoms with Crippen molar-refractivity contribution in [3.05, 3.63) is 54.2 Å². The van der Waals surface area contributed by atoms with Crippen molar-refractivity contribution in [2.75, 3.05) is 41.8 Å². The Labute approximate surface area is 205 Å². The van der Waals surface area contributed by atoms with Crippen molar-refractivity contribution >= 4 is 43.7 Å². The van der Waals surface area contributed by atoms with Gasteiger partial charge in [0.05, 0.1) is 23.4 Å². The highest BCUT2D eigenvalue weighted by atomic mass is 32.1. The summed E-state index contributed by atoms with van der Waals surface area (Å²) >= 11 is 1.62. The molecule has 182 valence electrons. The van der Waals surface area contributed by atoms with Gasteiger partial charge in [-0.25, -0.2) is 18.7 Å². The normalized spacial score (nSPS) is 13.1. The average molecular weight is 497 g/mol. The first-order valence-electron chi connectivity index (χ1n) is 11.4. The van der Waals surface area contributed by atoms with E-state index in [9.17, 15) is 8.78 Å². The van der Waals surface area contributed by atoms with Crippen LogP contribution in [0, 0.1) is 11.6 Å². The summed E-state index contributed by atoms with van der Waals surface area (Å²) in [6, 6.07) is 11.1. The molecule has 0 unspecified atom stereocenters. The molecular weight excluding hydrogens is 470 g/mol. The zero-order valence-corrected chi connectivity index (χ0v) is 20.3. The molecule has 1 aliphatic heterocycles. The molecule has 1 aliphatic rings. The maximum absolute atomic E-state index is 14.9. The molecule has 0 atom stereocenters. The van der Waals surface area contributed by atoms with E-state index in [1.807, 2.05) is 36.9 Å². The number of ether oxygens (including phenoxy) is 1. The highest BCUT2D eigenvalue weighted by Gasteiger charge is 2.25. The predicted molar refractivity (Wildman–Crippen MR) is 138 cm³/mol. The standard InChI is InChI=1S/C25H26F2N6OS/c1-14(2)33-7-8-34-24-18(26)9-16(10-20(24)33)23-19(27)13-30-25(32-23)31-17-4-3-15-11-22(29-6-5-28)35-21(15)12-17/h3-4,9-14,29H,5-8,28H2,1-2H3,(H,30,31,32). The van der Waals surface area contributed by atoms with Gasteiger partial charge < -0.3 is 26.0 Å². The van der Waals surface area contributed by atoms with Crippen molar-refractivity contribution in [1.82, 2.24) is 9.97 Å². The summed E-state index contributed by atoms with van der Waals surface area (Å²) in [6.45, 7) is 6.33. The Morgan fingerprint density at radius 2 is 2.03 bits per heavy atom. The lowest BCUT2D eigenvalue weighted by molar-refractivity contribution is 0.287. The van der Waals surface area contributed by atoms with E-state index in [-0.39, 0.29) is 23.4 Å². The Bertz CT molecular complexity index is 1380. The topological polar surface area (TPSA) is 88.3 Å². The van der Waals surface area contributed by atoms with Crippen LogP contribution in [-0.2, 0) is 0 Å². The van der Waals surface area contributed by atoms with E-state index in [4.69, 9.17) is 10.5 Å². The van der Waals surface area contributed by atoms with Gasteiger partial charge in [-0.2, -0.15) is 0 Å². The SMILES string of the molecule is CC(C)N1CCOc2c(F)cc(-c3nc(Nc4ccc5cc(NCCN)sc5c4)ncc3F)cc21. The van der Waals surface area contributed by atoms with Crippen LogP contribution in [0.25, 0.3) is 21.3 Å². The Balaban J connectivity index is 1.46. The van der Waals surface area contributed by atoms with Gasteiger partial charge in [0.25, 0.3) is 0 Å². The second-order valence-corrected chi connectivity index (χ2v) is 9.62. The number of rotatable bonds is 7. The smallest absolute Gasteiger partial charge is 0.227 e. The molecule has 4 N–H and O–H groups in total. The molecule has 0 amide bonds. The Kier molecular flexibility index (Phi) is 6.40. The Morgan fingerprint density at radius 3 is 2.83 bits per heavy atom. The van der Waals surface area contributed by atoms with Crippen LogP contribution < -0.4 is 26.0 Å². The molecule has 0 aliphatic carbocycles. The van der Waals surface area contributed by atoms with Gasteiger partial charge in [-0.05, 0) is 49.6 Å². The van der Waals surface area contributed by atoms with Crippen LogP contribution in [0.5, 0.6) is 5.75 Å². The number of aromatic nitrogens is 2. The second-order valence-electron chi connectivity index (χ2n) is 8.54. The number of hydrogen-bond donors (Lipinski definition) is 3. The van der Waals surface area contributed by atoms with Crippen molar-refractivity contribution in [3.8, 4) is 17.0 Å². The fourth-order valence-corrected chi connectivity index (χ4v) is 5.15. The fraction of sp³-hybridized carbons (Fsp3) is 0.280. The first-order chi connectivity index (χ1) is 16.9. The Morgan fingerprint density at radius 1 is 1.17 bits per heavy atom. The molecule has 0 spiro atoms. The van der Waals surface area contributed by atoms with Crippen LogP contribution in [0.15, 0.2) is 42.6 Å². The summed E-state index contributed by atoms with van der Waals surface area (Å²) < 4.78 is 36.3. The van der Waals surface area contributed by atoms with E-state index in [1.165, 1.54) is 6.07 Å². The van der Waals surface area contributed by atoms with Crippen molar-refractivity contribution in [2.45, 2.75) is 19.9 Å². The largest absolute Gasteiger partial charge is 0.486 e. The summed E-state index contributed by atoms with van der Waals surface area (Å²) in [5.74, 6) is -0.774. The summed E-state index contributed by atoms with van der Waals surface area (Å²) in [7, 11) is 0. The predicted octanol–water partition coefficient (Wildman–Crippen LogP) is 5.36. The zero-order valence-electron chi connectivity index (χ0n) is 19.4. The molecular formula is C25H26F2N6OS. The van der Waals surface area contributed by atoms with E-state index >= 15 is 0 Å². The van der Waals surface area contributed by atoms with Gasteiger partial charge in [0.2, 0.25) is 5.95 Å². The van der Waals surface area contributed by atoms with E-state index in [0.29, 0.717) is 37.5 Å². The van der Waals surface area contributed by atoms with E-state index in [1.54, 1.807) is 17.4 Å². The molecule has 0 saturated heterocycles. The summed E-state index contributed by atoms with van der Waals surface area (Å²) in [5, 5.41) is 8.56. The van der Waals surface area contributed by atoms with Gasteiger partial charge in [0.1, 0.15) is 12.3 Å². The molecule has 35 heavy (non-hydrogen) atoms. The molecule has 0 radical (unpaired) electrons. The van der Waals surface area contributed by atoms with Crippen LogP contribution in [0.2, 0.25) is 0 Å². The van der Waals surface area contributed by atoms with Crippen molar-refractivity contribution < 1.29 is 13.5 Å². The first kappa shape index (κ1) is 23.3. The number of nitrogens with one attached hydrogen (secondary N) is 2. The van der Waals surface area contributed by atoms with E-state index in [2.05, 4.69) is 26.7 Å². The van der Waals surface area contributed by atoms with Crippen LogP contribution in [-0.4, -0.2) is 42.3 Å². The molecule has 0 saturated carbocycles. The summed E-state index contributed by atoms with van der Waals surface area (Å²) in [6.07, 6.45) is 1.09. The molecule has 2 aromatic carbocycles. The third-order valence-corrected chi connectivity index (χ3v) is 6.83. The molecule has 3 heterocycles. The number of nitrogens with zero attached hydrogens (tertiary/aromatic N) is 3. The zero-order chi connectivity index (χ0) is 24.5. The van der Waals surface area contributed by atoms with Crippen LogP contribution >= 0.6 is 11.3 Å². The fourth-order valence-electron chi connectivity index (χ4n) is 4.13. The van der Waals surface area contributed by atoms with Crippen molar-refractivity contribution in [3.63, 3.8) is 0 Å².